The average molecular weight is 777 g/mol. The van der Waals surface area contributed by atoms with E-state index in [1.807, 2.05) is 36.4 Å². The van der Waals surface area contributed by atoms with Crippen LogP contribution in [-0.4, -0.2) is 19.5 Å². The molecule has 4 heteroatoms. The molecule has 0 N–H and O–H groups in total. The van der Waals surface area contributed by atoms with Crippen LogP contribution in [-0.2, 0) is 0 Å². The quantitative estimate of drug-likeness (QED) is 0.158. The molecule has 0 amide bonds. The minimum absolute atomic E-state index is 0.699. The fourth-order valence-electron chi connectivity index (χ4n) is 9.12. The first-order valence-electron chi connectivity index (χ1n) is 20.7. The highest BCUT2D eigenvalue weighted by atomic mass is 15.0. The monoisotopic (exact) mass is 776 g/mol. The van der Waals surface area contributed by atoms with Crippen molar-refractivity contribution in [2.75, 3.05) is 0 Å². The lowest BCUT2D eigenvalue weighted by Gasteiger charge is -2.15. The van der Waals surface area contributed by atoms with Crippen molar-refractivity contribution in [2.45, 2.75) is 0 Å². The third kappa shape index (κ3) is 5.88. The van der Waals surface area contributed by atoms with Gasteiger partial charge in [-0.2, -0.15) is 0 Å². The van der Waals surface area contributed by atoms with E-state index < -0.39 is 0 Å². The van der Waals surface area contributed by atoms with Crippen molar-refractivity contribution in [3.8, 4) is 62.0 Å². The highest BCUT2D eigenvalue weighted by Crippen LogP contribution is 2.44. The second-order valence-electron chi connectivity index (χ2n) is 15.6. The summed E-state index contributed by atoms with van der Waals surface area (Å²) >= 11 is 0. The number of aromatic nitrogens is 4. The van der Waals surface area contributed by atoms with E-state index in [4.69, 9.17) is 15.0 Å². The third-order valence-electron chi connectivity index (χ3n) is 12.0. The molecule has 0 saturated carbocycles. The Morgan fingerprint density at radius 1 is 0.328 bits per heavy atom. The number of pyridine rings is 1. The molecule has 0 atom stereocenters. The summed E-state index contributed by atoms with van der Waals surface area (Å²) in [4.78, 5) is 15.8. The summed E-state index contributed by atoms with van der Waals surface area (Å²) in [5.41, 5.74) is 13.6. The van der Waals surface area contributed by atoms with Crippen molar-refractivity contribution in [3.63, 3.8) is 0 Å². The van der Waals surface area contributed by atoms with Crippen molar-refractivity contribution in [3.05, 3.63) is 218 Å². The standard InChI is InChI=1S/C57H36N4/c1-5-16-37(17-6-1)49-36-50(38-18-7-2-8-19-38)59-57(58-49)43-31-29-40-34-42(30-28-41(40)35-43)45-25-15-26-47-53-48(55(60-56(45)47)39-20-9-3-10-21-39)32-33-52-54(53)46-24-13-14-27-51(46)61(52)44-22-11-4-12-23-44/h1-36H. The lowest BCUT2D eigenvalue weighted by Crippen LogP contribution is -1.96. The fraction of sp³-hybridized carbons (Fsp3) is 0. The minimum Gasteiger partial charge on any atom is -0.309 e. The van der Waals surface area contributed by atoms with Crippen LogP contribution in [0.4, 0.5) is 0 Å². The molecule has 0 fully saturated rings. The van der Waals surface area contributed by atoms with Gasteiger partial charge in [-0.05, 0) is 58.8 Å². The van der Waals surface area contributed by atoms with E-state index in [-0.39, 0.29) is 0 Å². The molecule has 0 saturated heterocycles. The SMILES string of the molecule is c1ccc(-c2cc(-c3ccccc3)nc(-c3ccc4cc(-c5cccc6c5nc(-c5ccccc5)c5ccc7c(c8ccccc8n7-c7ccccc7)c56)ccc4c3)n2)cc1. The minimum atomic E-state index is 0.699. The van der Waals surface area contributed by atoms with Gasteiger partial charge >= 0.3 is 0 Å². The van der Waals surface area contributed by atoms with Crippen LogP contribution in [0, 0.1) is 0 Å². The molecule has 12 rings (SSSR count). The van der Waals surface area contributed by atoms with Crippen LogP contribution >= 0.6 is 0 Å². The average Bonchev–Trinajstić information content (AvgIpc) is 3.68. The number of nitrogens with zero attached hydrogens (tertiary/aromatic N) is 4. The van der Waals surface area contributed by atoms with E-state index in [0.29, 0.717) is 5.82 Å². The maximum absolute atomic E-state index is 5.58. The Bertz CT molecular complexity index is 3560. The number of para-hydroxylation sites is 3. The molecule has 0 aliphatic heterocycles. The van der Waals surface area contributed by atoms with E-state index in [1.54, 1.807) is 0 Å². The molecule has 3 heterocycles. The molecule has 9 aromatic carbocycles. The molecule has 0 spiro atoms. The highest BCUT2D eigenvalue weighted by Gasteiger charge is 2.21. The van der Waals surface area contributed by atoms with Gasteiger partial charge < -0.3 is 4.57 Å². The zero-order valence-electron chi connectivity index (χ0n) is 33.1. The van der Waals surface area contributed by atoms with Crippen molar-refractivity contribution in [1.29, 1.82) is 0 Å². The van der Waals surface area contributed by atoms with Gasteiger partial charge in [0.25, 0.3) is 0 Å². The first-order valence-corrected chi connectivity index (χ1v) is 20.7. The molecule has 0 bridgehead atoms. The van der Waals surface area contributed by atoms with E-state index in [1.165, 1.54) is 27.2 Å². The lowest BCUT2D eigenvalue weighted by molar-refractivity contribution is 1.18. The fourth-order valence-corrected chi connectivity index (χ4v) is 9.12. The van der Waals surface area contributed by atoms with E-state index in [2.05, 4.69) is 187 Å². The summed E-state index contributed by atoms with van der Waals surface area (Å²) in [7, 11) is 0. The van der Waals surface area contributed by atoms with Gasteiger partial charge in [0.1, 0.15) is 0 Å². The van der Waals surface area contributed by atoms with Crippen LogP contribution in [0.25, 0.3) is 116 Å². The molecule has 12 aromatic rings. The predicted octanol–water partition coefficient (Wildman–Crippen LogP) is 14.8. The van der Waals surface area contributed by atoms with Gasteiger partial charge in [-0.25, -0.2) is 15.0 Å². The number of hydrogen-bond donors (Lipinski definition) is 0. The Hall–Kier alpha value is -8.21. The van der Waals surface area contributed by atoms with Gasteiger partial charge in [-0.1, -0.05) is 176 Å². The normalized spacial score (nSPS) is 11.6. The molecule has 61 heavy (non-hydrogen) atoms. The predicted molar refractivity (Wildman–Crippen MR) is 254 cm³/mol. The Balaban J connectivity index is 1.05. The Kier molecular flexibility index (Phi) is 8.13. The Labute approximate surface area is 352 Å². The van der Waals surface area contributed by atoms with Gasteiger partial charge in [-0.15, -0.1) is 0 Å². The Morgan fingerprint density at radius 3 is 1.59 bits per heavy atom. The summed E-state index contributed by atoms with van der Waals surface area (Å²) in [5.74, 6) is 0.699. The smallest absolute Gasteiger partial charge is 0.160 e. The number of benzene rings is 9. The molecule has 0 aliphatic carbocycles. The number of fused-ring (bicyclic) bond motifs is 8. The van der Waals surface area contributed by atoms with Gasteiger partial charge in [-0.3, -0.25) is 0 Å². The van der Waals surface area contributed by atoms with Crippen LogP contribution in [0.1, 0.15) is 0 Å². The van der Waals surface area contributed by atoms with E-state index in [9.17, 15) is 0 Å². The van der Waals surface area contributed by atoms with Crippen LogP contribution in [0.2, 0.25) is 0 Å². The second kappa shape index (κ2) is 14.3. The van der Waals surface area contributed by atoms with Crippen molar-refractivity contribution in [1.82, 2.24) is 19.5 Å². The summed E-state index contributed by atoms with van der Waals surface area (Å²) in [6, 6.07) is 77.3. The van der Waals surface area contributed by atoms with Gasteiger partial charge in [0, 0.05) is 60.4 Å². The molecule has 3 aromatic heterocycles. The van der Waals surface area contributed by atoms with E-state index in [0.717, 1.165) is 83.2 Å². The zero-order valence-corrected chi connectivity index (χ0v) is 33.1. The van der Waals surface area contributed by atoms with Crippen LogP contribution < -0.4 is 0 Å². The molecule has 0 aliphatic rings. The maximum atomic E-state index is 5.58. The summed E-state index contributed by atoms with van der Waals surface area (Å²) < 4.78 is 2.39. The maximum Gasteiger partial charge on any atom is 0.160 e. The summed E-state index contributed by atoms with van der Waals surface area (Å²) in [6.45, 7) is 0. The van der Waals surface area contributed by atoms with Crippen LogP contribution in [0.3, 0.4) is 0 Å². The van der Waals surface area contributed by atoms with Crippen LogP contribution in [0.15, 0.2) is 218 Å². The molecule has 0 radical (unpaired) electrons. The van der Waals surface area contributed by atoms with Gasteiger partial charge in [0.2, 0.25) is 0 Å². The lowest BCUT2D eigenvalue weighted by atomic mass is 9.92. The topological polar surface area (TPSA) is 43.6 Å². The van der Waals surface area contributed by atoms with Crippen molar-refractivity contribution in [2.24, 2.45) is 0 Å². The van der Waals surface area contributed by atoms with Gasteiger partial charge in [0.15, 0.2) is 5.82 Å². The van der Waals surface area contributed by atoms with Crippen LogP contribution in [0.5, 0.6) is 0 Å². The number of rotatable bonds is 6. The first-order chi connectivity index (χ1) is 30.2. The summed E-state index contributed by atoms with van der Waals surface area (Å²) in [6.07, 6.45) is 0. The molecule has 0 unspecified atom stereocenters. The molecule has 4 nitrogen and oxygen atoms in total. The molecular weight excluding hydrogens is 741 g/mol. The third-order valence-corrected chi connectivity index (χ3v) is 12.0. The Morgan fingerprint density at radius 2 is 0.902 bits per heavy atom. The van der Waals surface area contributed by atoms with Crippen molar-refractivity contribution < 1.29 is 0 Å². The van der Waals surface area contributed by atoms with Crippen molar-refractivity contribution >= 4 is 54.3 Å². The molecule has 284 valence electrons. The second-order valence-corrected chi connectivity index (χ2v) is 15.6. The largest absolute Gasteiger partial charge is 0.309 e. The molecular formula is C57H36N4. The first kappa shape index (κ1) is 34.8. The zero-order chi connectivity index (χ0) is 40.3. The number of hydrogen-bond acceptors (Lipinski definition) is 3. The highest BCUT2D eigenvalue weighted by molar-refractivity contribution is 6.30. The van der Waals surface area contributed by atoms with E-state index >= 15 is 0 Å². The summed E-state index contributed by atoms with van der Waals surface area (Å²) in [5, 5.41) is 8.20. The van der Waals surface area contributed by atoms with Gasteiger partial charge in [0.05, 0.1) is 33.6 Å².